The van der Waals surface area contributed by atoms with Crippen molar-refractivity contribution < 1.29 is 4.79 Å². The Hall–Kier alpha value is -1.00. The molecule has 0 aliphatic rings. The summed E-state index contributed by atoms with van der Waals surface area (Å²) in [6.07, 6.45) is 4.00. The van der Waals surface area contributed by atoms with E-state index in [2.05, 4.69) is 4.98 Å². The lowest BCUT2D eigenvalue weighted by atomic mass is 10.3. The van der Waals surface area contributed by atoms with Gasteiger partial charge >= 0.3 is 0 Å². The third-order valence-electron chi connectivity index (χ3n) is 0.981. The molecule has 0 aliphatic heterocycles. The van der Waals surface area contributed by atoms with Gasteiger partial charge in [0.05, 0.1) is 4.51 Å². The molecular formula is C9H14N2OS. The first-order valence-corrected chi connectivity index (χ1v) is 4.22. The fourth-order valence-corrected chi connectivity index (χ4v) is 0.696. The average molecular weight is 198 g/mol. The Morgan fingerprint density at radius 2 is 2.00 bits per heavy atom. The minimum absolute atomic E-state index is 0.535. The molecule has 0 unspecified atom stereocenters. The van der Waals surface area contributed by atoms with Crippen LogP contribution in [0, 0.1) is 4.51 Å². The number of hydrogen-bond donors (Lipinski definition) is 1. The second kappa shape index (κ2) is 6.51. The van der Waals surface area contributed by atoms with Crippen LogP contribution >= 0.6 is 12.2 Å². The third-order valence-corrected chi connectivity index (χ3v) is 1.35. The van der Waals surface area contributed by atoms with Crippen molar-refractivity contribution in [2.24, 2.45) is 0 Å². The van der Waals surface area contributed by atoms with Crippen molar-refractivity contribution in [3.05, 3.63) is 28.5 Å². The number of nitrogens with zero attached hydrogens (tertiary/aromatic N) is 1. The Morgan fingerprint density at radius 3 is 2.31 bits per heavy atom. The summed E-state index contributed by atoms with van der Waals surface area (Å²) in [4.78, 5) is 14.9. The maximum absolute atomic E-state index is 10.1. The highest BCUT2D eigenvalue weighted by atomic mass is 32.1. The number of carbonyl (C=O) groups is 1. The van der Waals surface area contributed by atoms with Gasteiger partial charge in [0.15, 0.2) is 6.29 Å². The predicted octanol–water partition coefficient (Wildman–Crippen LogP) is 1.73. The highest BCUT2D eigenvalue weighted by Gasteiger charge is 1.87. The number of H-pyrrole nitrogens is 1. The van der Waals surface area contributed by atoms with Crippen LogP contribution in [0.3, 0.4) is 0 Å². The number of aromatic nitrogens is 1. The van der Waals surface area contributed by atoms with Crippen LogP contribution in [0.1, 0.15) is 10.4 Å². The van der Waals surface area contributed by atoms with Gasteiger partial charge in [-0.1, -0.05) is 12.2 Å². The first kappa shape index (κ1) is 12.0. The second-order valence-corrected chi connectivity index (χ2v) is 3.36. The molecule has 13 heavy (non-hydrogen) atoms. The minimum atomic E-state index is 0.535. The van der Waals surface area contributed by atoms with E-state index in [4.69, 9.17) is 12.2 Å². The molecule has 0 bridgehead atoms. The summed E-state index contributed by atoms with van der Waals surface area (Å²) in [5.74, 6) is 0. The number of aldehydes is 1. The van der Waals surface area contributed by atoms with E-state index in [0.717, 1.165) is 6.29 Å². The summed E-state index contributed by atoms with van der Waals surface area (Å²) in [7, 11) is 6.00. The van der Waals surface area contributed by atoms with Crippen LogP contribution in [0.5, 0.6) is 0 Å². The standard InChI is InChI=1S/C6H5NOS.C3H9N/c8-4-5-3-7-2-1-6(5)9;1-4(2)3/h1-4H,(H,7,9);1-3H3. The molecular weight excluding hydrogens is 184 g/mol. The highest BCUT2D eigenvalue weighted by Crippen LogP contribution is 1.94. The van der Waals surface area contributed by atoms with Crippen molar-refractivity contribution in [2.75, 3.05) is 21.1 Å². The first-order valence-electron chi connectivity index (χ1n) is 3.81. The van der Waals surface area contributed by atoms with E-state index in [-0.39, 0.29) is 0 Å². The summed E-state index contributed by atoms with van der Waals surface area (Å²) in [6.45, 7) is 0. The van der Waals surface area contributed by atoms with Crippen molar-refractivity contribution in [1.82, 2.24) is 9.88 Å². The van der Waals surface area contributed by atoms with Crippen molar-refractivity contribution in [1.29, 1.82) is 0 Å². The topological polar surface area (TPSA) is 36.1 Å². The third kappa shape index (κ3) is 6.19. The highest BCUT2D eigenvalue weighted by molar-refractivity contribution is 7.71. The van der Waals surface area contributed by atoms with E-state index in [0.29, 0.717) is 10.1 Å². The Bertz CT molecular complexity index is 304. The fourth-order valence-electron chi connectivity index (χ4n) is 0.521. The van der Waals surface area contributed by atoms with E-state index in [1.54, 1.807) is 18.5 Å². The Kier molecular flexibility index (Phi) is 6.01. The van der Waals surface area contributed by atoms with Crippen molar-refractivity contribution >= 4 is 18.5 Å². The molecule has 4 heteroatoms. The van der Waals surface area contributed by atoms with E-state index in [1.165, 1.54) is 0 Å². The quantitative estimate of drug-likeness (QED) is 0.551. The molecule has 1 N–H and O–H groups in total. The van der Waals surface area contributed by atoms with Crippen LogP contribution in [0.15, 0.2) is 18.5 Å². The van der Waals surface area contributed by atoms with Crippen molar-refractivity contribution in [3.8, 4) is 0 Å². The van der Waals surface area contributed by atoms with Gasteiger partial charge in [0.2, 0.25) is 0 Å². The largest absolute Gasteiger partial charge is 0.367 e. The molecule has 0 aliphatic carbocycles. The zero-order valence-corrected chi connectivity index (χ0v) is 8.89. The molecule has 0 amide bonds. The number of hydrogen-bond acceptors (Lipinski definition) is 3. The Balaban J connectivity index is 0.000000310. The normalized spacial score (nSPS) is 8.92. The molecule has 0 atom stereocenters. The zero-order valence-electron chi connectivity index (χ0n) is 8.07. The summed E-state index contributed by atoms with van der Waals surface area (Å²) >= 11 is 4.80. The maximum Gasteiger partial charge on any atom is 0.152 e. The molecule has 1 rings (SSSR count). The maximum atomic E-state index is 10.1. The van der Waals surface area contributed by atoms with Crippen LogP contribution in [0.4, 0.5) is 0 Å². The first-order chi connectivity index (χ1) is 6.07. The molecule has 1 heterocycles. The predicted molar refractivity (Wildman–Crippen MR) is 56.6 cm³/mol. The molecule has 0 saturated carbocycles. The summed E-state index contributed by atoms with van der Waals surface area (Å²) in [5.41, 5.74) is 0.535. The van der Waals surface area contributed by atoms with Gasteiger partial charge in [-0.25, -0.2) is 0 Å². The van der Waals surface area contributed by atoms with Crippen molar-refractivity contribution in [3.63, 3.8) is 0 Å². The molecule has 0 fully saturated rings. The molecule has 0 spiro atoms. The number of nitrogens with one attached hydrogen (secondary N) is 1. The van der Waals surface area contributed by atoms with E-state index < -0.39 is 0 Å². The van der Waals surface area contributed by atoms with Gasteiger partial charge in [-0.05, 0) is 27.2 Å². The summed E-state index contributed by atoms with van der Waals surface area (Å²) in [5, 5.41) is 0. The molecule has 1 aromatic rings. The monoisotopic (exact) mass is 198 g/mol. The Labute approximate surface area is 83.4 Å². The smallest absolute Gasteiger partial charge is 0.152 e. The Morgan fingerprint density at radius 1 is 1.46 bits per heavy atom. The number of pyridine rings is 1. The zero-order chi connectivity index (χ0) is 10.3. The lowest BCUT2D eigenvalue weighted by Gasteiger charge is -1.90. The van der Waals surface area contributed by atoms with Gasteiger partial charge in [0.25, 0.3) is 0 Å². The van der Waals surface area contributed by atoms with E-state index >= 15 is 0 Å². The SMILES string of the molecule is CN(C)C.O=Cc1c[nH]ccc1=S. The molecule has 0 radical (unpaired) electrons. The number of carbonyl (C=O) groups excluding carboxylic acids is 1. The van der Waals surface area contributed by atoms with Gasteiger partial charge < -0.3 is 9.88 Å². The molecule has 72 valence electrons. The fraction of sp³-hybridized carbons (Fsp3) is 0.333. The van der Waals surface area contributed by atoms with Crippen LogP contribution in [0.2, 0.25) is 0 Å². The number of rotatable bonds is 1. The van der Waals surface area contributed by atoms with Crippen LogP contribution in [-0.4, -0.2) is 37.3 Å². The van der Waals surface area contributed by atoms with Gasteiger partial charge in [-0.2, -0.15) is 0 Å². The molecule has 0 saturated heterocycles. The molecule has 3 nitrogen and oxygen atoms in total. The lowest BCUT2D eigenvalue weighted by molar-refractivity contribution is 0.112. The molecule has 1 aromatic heterocycles. The van der Waals surface area contributed by atoms with Crippen molar-refractivity contribution in [2.45, 2.75) is 0 Å². The molecule has 0 aromatic carbocycles. The van der Waals surface area contributed by atoms with Gasteiger partial charge in [0.1, 0.15) is 0 Å². The minimum Gasteiger partial charge on any atom is -0.367 e. The van der Waals surface area contributed by atoms with Crippen LogP contribution < -0.4 is 0 Å². The average Bonchev–Trinajstić information content (AvgIpc) is 2.04. The second-order valence-electron chi connectivity index (χ2n) is 2.92. The van der Waals surface area contributed by atoms with Gasteiger partial charge in [-0.3, -0.25) is 4.79 Å². The lowest BCUT2D eigenvalue weighted by Crippen LogP contribution is -1.99. The van der Waals surface area contributed by atoms with E-state index in [9.17, 15) is 4.79 Å². The number of aromatic amines is 1. The summed E-state index contributed by atoms with van der Waals surface area (Å²) in [6, 6.07) is 1.68. The van der Waals surface area contributed by atoms with Crippen LogP contribution in [0.25, 0.3) is 0 Å². The van der Waals surface area contributed by atoms with Crippen LogP contribution in [-0.2, 0) is 0 Å². The van der Waals surface area contributed by atoms with Gasteiger partial charge in [-0.15, -0.1) is 0 Å². The summed E-state index contributed by atoms with van der Waals surface area (Å²) < 4.78 is 0.587. The van der Waals surface area contributed by atoms with E-state index in [1.807, 2.05) is 26.0 Å². The van der Waals surface area contributed by atoms with Gasteiger partial charge in [0, 0.05) is 18.0 Å².